The van der Waals surface area contributed by atoms with Crippen molar-refractivity contribution in [3.63, 3.8) is 0 Å². The van der Waals surface area contributed by atoms with Gasteiger partial charge in [-0.2, -0.15) is 0 Å². The first-order valence-electron chi connectivity index (χ1n) is 19.1. The second-order valence-corrected chi connectivity index (χ2v) is 17.2. The summed E-state index contributed by atoms with van der Waals surface area (Å²) in [4.78, 5) is 59.9. The van der Waals surface area contributed by atoms with Crippen LogP contribution in [0.2, 0.25) is 0 Å². The van der Waals surface area contributed by atoms with Crippen LogP contribution < -0.4 is 0 Å². The Balaban J connectivity index is 1.40. The molecule has 0 aliphatic heterocycles. The van der Waals surface area contributed by atoms with Crippen LogP contribution in [0.1, 0.15) is 138 Å². The van der Waals surface area contributed by atoms with Gasteiger partial charge in [-0.05, 0) is 98.2 Å². The molecule has 10 nitrogen and oxygen atoms in total. The van der Waals surface area contributed by atoms with E-state index in [1.807, 2.05) is 0 Å². The van der Waals surface area contributed by atoms with Crippen LogP contribution in [0.15, 0.2) is 11.6 Å². The standard InChI is InChI=1S/C40H62O10/c1-25(2)8-7-9-26(3)30-12-13-31-29-11-10-27-22-28(18-20-39(27,5)32(29)19-21-40(30,31)6)50-37(47)38(4,23-48-35(45)16-14-33(41)42)24-49-36(46)17-15-34(43)44/h10,25-26,28-32H,7-9,11-24H2,1-6H3,(H,41,42)(H,43,44)/t26-,28+,29+,30-,31+,32+,39-,40+/m0/s1. The molecular weight excluding hydrogens is 640 g/mol. The van der Waals surface area contributed by atoms with Gasteiger partial charge in [0.1, 0.15) is 24.7 Å². The van der Waals surface area contributed by atoms with Crippen molar-refractivity contribution < 1.29 is 48.4 Å². The molecule has 10 heteroatoms. The van der Waals surface area contributed by atoms with Crippen LogP contribution in [0.25, 0.3) is 0 Å². The molecule has 0 aromatic carbocycles. The molecule has 4 aliphatic carbocycles. The molecule has 3 fully saturated rings. The fourth-order valence-electron chi connectivity index (χ4n) is 10.2. The van der Waals surface area contributed by atoms with Gasteiger partial charge in [0.05, 0.1) is 25.7 Å². The largest absolute Gasteiger partial charge is 0.481 e. The Morgan fingerprint density at radius 2 is 1.46 bits per heavy atom. The maximum absolute atomic E-state index is 13.7. The highest BCUT2D eigenvalue weighted by molar-refractivity contribution is 5.80. The number of carbonyl (C=O) groups excluding carboxylic acids is 3. The quantitative estimate of drug-likeness (QED) is 0.0873. The predicted molar refractivity (Wildman–Crippen MR) is 187 cm³/mol. The van der Waals surface area contributed by atoms with Gasteiger partial charge in [0, 0.05) is 6.42 Å². The van der Waals surface area contributed by atoms with Gasteiger partial charge in [-0.1, -0.05) is 65.5 Å². The molecule has 0 saturated heterocycles. The van der Waals surface area contributed by atoms with Gasteiger partial charge in [-0.15, -0.1) is 0 Å². The lowest BCUT2D eigenvalue weighted by atomic mass is 9.47. The molecular formula is C40H62O10. The number of carboxylic acids is 2. The molecule has 50 heavy (non-hydrogen) atoms. The maximum Gasteiger partial charge on any atom is 0.319 e. The molecule has 0 radical (unpaired) electrons. The van der Waals surface area contributed by atoms with Gasteiger partial charge in [0.25, 0.3) is 0 Å². The van der Waals surface area contributed by atoms with Crippen molar-refractivity contribution in [3.05, 3.63) is 11.6 Å². The minimum absolute atomic E-state index is 0.0662. The van der Waals surface area contributed by atoms with E-state index >= 15 is 0 Å². The van der Waals surface area contributed by atoms with E-state index in [4.69, 9.17) is 24.4 Å². The minimum atomic E-state index is -1.55. The summed E-state index contributed by atoms with van der Waals surface area (Å²) in [5.41, 5.74) is 0.288. The Bertz CT molecular complexity index is 1250. The topological polar surface area (TPSA) is 154 Å². The normalized spacial score (nSPS) is 31.0. The van der Waals surface area contributed by atoms with Gasteiger partial charge in [-0.3, -0.25) is 24.0 Å². The van der Waals surface area contributed by atoms with Crippen molar-refractivity contribution in [2.75, 3.05) is 13.2 Å². The van der Waals surface area contributed by atoms with Gasteiger partial charge in [0.2, 0.25) is 0 Å². The number of ether oxygens (including phenoxy) is 3. The van der Waals surface area contributed by atoms with Crippen LogP contribution in [-0.2, 0) is 38.2 Å². The third-order valence-electron chi connectivity index (χ3n) is 13.2. The second kappa shape index (κ2) is 16.6. The number of rotatable bonds is 17. The number of fused-ring (bicyclic) bond motifs is 5. The van der Waals surface area contributed by atoms with Crippen molar-refractivity contribution in [1.29, 1.82) is 0 Å². The molecule has 0 heterocycles. The van der Waals surface area contributed by atoms with E-state index in [1.54, 1.807) is 0 Å². The first kappa shape index (κ1) is 39.9. The molecule has 0 aromatic heterocycles. The molecule has 8 atom stereocenters. The highest BCUT2D eigenvalue weighted by Crippen LogP contribution is 2.67. The van der Waals surface area contributed by atoms with Crippen molar-refractivity contribution in [2.45, 2.75) is 144 Å². The molecule has 2 N–H and O–H groups in total. The minimum Gasteiger partial charge on any atom is -0.481 e. The van der Waals surface area contributed by atoms with E-state index in [0.717, 1.165) is 36.5 Å². The number of allylic oxidation sites excluding steroid dienone is 1. The van der Waals surface area contributed by atoms with Crippen LogP contribution >= 0.6 is 0 Å². The van der Waals surface area contributed by atoms with Crippen molar-refractivity contribution >= 4 is 29.8 Å². The fraction of sp³-hybridized carbons (Fsp3) is 0.825. The number of carbonyl (C=O) groups is 5. The monoisotopic (exact) mass is 702 g/mol. The Morgan fingerprint density at radius 1 is 0.840 bits per heavy atom. The Morgan fingerprint density at radius 3 is 2.04 bits per heavy atom. The summed E-state index contributed by atoms with van der Waals surface area (Å²) in [5, 5.41) is 17.8. The second-order valence-electron chi connectivity index (χ2n) is 17.2. The Hall–Kier alpha value is -2.91. The summed E-state index contributed by atoms with van der Waals surface area (Å²) in [6.07, 6.45) is 13.0. The molecule has 0 unspecified atom stereocenters. The summed E-state index contributed by atoms with van der Waals surface area (Å²) >= 11 is 0. The van der Waals surface area contributed by atoms with Gasteiger partial charge >= 0.3 is 29.8 Å². The van der Waals surface area contributed by atoms with Crippen LogP contribution in [0, 0.1) is 51.8 Å². The maximum atomic E-state index is 13.7. The van der Waals surface area contributed by atoms with E-state index in [9.17, 15) is 24.0 Å². The van der Waals surface area contributed by atoms with Crippen LogP contribution in [0.4, 0.5) is 0 Å². The first-order chi connectivity index (χ1) is 23.5. The highest BCUT2D eigenvalue weighted by atomic mass is 16.6. The van der Waals surface area contributed by atoms with Crippen molar-refractivity contribution in [1.82, 2.24) is 0 Å². The first-order valence-corrected chi connectivity index (χ1v) is 19.1. The number of carboxylic acid groups (broad SMARTS) is 2. The van der Waals surface area contributed by atoms with E-state index in [-0.39, 0.29) is 24.4 Å². The zero-order valence-electron chi connectivity index (χ0n) is 31.3. The summed E-state index contributed by atoms with van der Waals surface area (Å²) in [6, 6.07) is 0. The molecule has 282 valence electrons. The lowest BCUT2D eigenvalue weighted by Crippen LogP contribution is -2.51. The summed E-state index contributed by atoms with van der Waals surface area (Å²) < 4.78 is 16.6. The lowest BCUT2D eigenvalue weighted by molar-refractivity contribution is -0.176. The predicted octanol–water partition coefficient (Wildman–Crippen LogP) is 7.76. The van der Waals surface area contributed by atoms with Crippen molar-refractivity contribution in [2.24, 2.45) is 51.8 Å². The molecule has 3 saturated carbocycles. The number of aliphatic carboxylic acids is 2. The Kier molecular flexibility index (Phi) is 13.3. The number of hydrogen-bond acceptors (Lipinski definition) is 8. The number of hydrogen-bond donors (Lipinski definition) is 2. The Labute approximate surface area is 298 Å². The molecule has 0 bridgehead atoms. The summed E-state index contributed by atoms with van der Waals surface area (Å²) in [6.45, 7) is 12.7. The third-order valence-corrected chi connectivity index (χ3v) is 13.2. The van der Waals surface area contributed by atoms with E-state index in [2.05, 4.69) is 40.7 Å². The van der Waals surface area contributed by atoms with E-state index in [0.29, 0.717) is 30.1 Å². The van der Waals surface area contributed by atoms with Crippen LogP contribution in [0.5, 0.6) is 0 Å². The van der Waals surface area contributed by atoms with Crippen LogP contribution in [-0.4, -0.2) is 59.4 Å². The molecule has 0 amide bonds. The zero-order chi connectivity index (χ0) is 36.9. The van der Waals surface area contributed by atoms with E-state index < -0.39 is 61.3 Å². The zero-order valence-corrected chi connectivity index (χ0v) is 31.3. The summed E-state index contributed by atoms with van der Waals surface area (Å²) in [5.74, 6) is -0.183. The smallest absolute Gasteiger partial charge is 0.319 e. The SMILES string of the molecule is CC(C)CCC[C@H](C)[C@@H]1CC[C@@H]2[C@H]3CC=C4C[C@H](OC(=O)C(C)(COC(=O)CCC(=O)O)COC(=O)CCC(=O)O)CC[C@]4(C)[C@@H]3CC[C@@]21C. The average molecular weight is 703 g/mol. The summed E-state index contributed by atoms with van der Waals surface area (Å²) in [7, 11) is 0. The van der Waals surface area contributed by atoms with Gasteiger partial charge in [-0.25, -0.2) is 0 Å². The molecule has 4 rings (SSSR count). The average Bonchev–Trinajstić information content (AvgIpc) is 3.41. The fourth-order valence-corrected chi connectivity index (χ4v) is 10.2. The van der Waals surface area contributed by atoms with Crippen molar-refractivity contribution in [3.8, 4) is 0 Å². The number of esters is 3. The van der Waals surface area contributed by atoms with E-state index in [1.165, 1.54) is 57.4 Å². The molecule has 0 spiro atoms. The van der Waals surface area contributed by atoms with Gasteiger partial charge in [0.15, 0.2) is 0 Å². The third kappa shape index (κ3) is 9.30. The molecule has 4 aliphatic rings. The lowest BCUT2D eigenvalue weighted by Gasteiger charge is -2.58. The highest BCUT2D eigenvalue weighted by Gasteiger charge is 2.59. The van der Waals surface area contributed by atoms with Gasteiger partial charge < -0.3 is 24.4 Å². The molecule has 0 aromatic rings. The van der Waals surface area contributed by atoms with Crippen LogP contribution in [0.3, 0.4) is 0 Å².